The van der Waals surface area contributed by atoms with Gasteiger partial charge in [-0.15, -0.1) is 0 Å². The predicted octanol–water partition coefficient (Wildman–Crippen LogP) is 3.69. The molecule has 3 rings (SSSR count). The summed E-state index contributed by atoms with van der Waals surface area (Å²) in [6, 6.07) is 19.8. The van der Waals surface area contributed by atoms with Gasteiger partial charge >= 0.3 is 5.97 Å². The van der Waals surface area contributed by atoms with E-state index in [9.17, 15) is 4.79 Å². The maximum atomic E-state index is 11.2. The van der Waals surface area contributed by atoms with E-state index in [0.717, 1.165) is 22.6 Å². The zero-order valence-corrected chi connectivity index (χ0v) is 14.1. The first kappa shape index (κ1) is 16.8. The Bertz CT molecular complexity index is 810. The van der Waals surface area contributed by atoms with Gasteiger partial charge < -0.3 is 9.47 Å². The summed E-state index contributed by atoms with van der Waals surface area (Å²) in [6.07, 6.45) is 2.17. The molecule has 1 aromatic heterocycles. The van der Waals surface area contributed by atoms with Gasteiger partial charge in [0.2, 0.25) is 0 Å². The van der Waals surface area contributed by atoms with Crippen LogP contribution >= 0.6 is 0 Å². The predicted molar refractivity (Wildman–Crippen MR) is 95.1 cm³/mol. The second-order valence-electron chi connectivity index (χ2n) is 5.59. The number of benzene rings is 2. The number of aryl methyl sites for hydroxylation is 1. The van der Waals surface area contributed by atoms with E-state index in [1.165, 1.54) is 7.11 Å². The molecule has 0 aliphatic carbocycles. The normalized spacial score (nSPS) is 10.4. The molecule has 0 atom stereocenters. The SMILES string of the molecule is COC(=O)CCn1ccc(-c2ccc(OCc3ccccc3)cc2)n1. The van der Waals surface area contributed by atoms with Crippen LogP contribution < -0.4 is 4.74 Å². The first-order chi connectivity index (χ1) is 12.2. The molecule has 0 spiro atoms. The number of esters is 1. The Labute approximate surface area is 146 Å². The number of rotatable bonds is 7. The van der Waals surface area contributed by atoms with Crippen molar-refractivity contribution >= 4 is 5.97 Å². The molecule has 0 unspecified atom stereocenters. The van der Waals surface area contributed by atoms with Crippen molar-refractivity contribution in [3.8, 4) is 17.0 Å². The third-order valence-corrected chi connectivity index (χ3v) is 3.81. The highest BCUT2D eigenvalue weighted by atomic mass is 16.5. The van der Waals surface area contributed by atoms with Crippen LogP contribution in [0, 0.1) is 0 Å². The van der Waals surface area contributed by atoms with Gasteiger partial charge in [0.1, 0.15) is 12.4 Å². The number of ether oxygens (including phenoxy) is 2. The van der Waals surface area contributed by atoms with Gasteiger partial charge in [0.05, 0.1) is 25.8 Å². The van der Waals surface area contributed by atoms with E-state index in [1.807, 2.05) is 66.9 Å². The Kier molecular flexibility index (Phi) is 5.46. The third kappa shape index (κ3) is 4.70. The van der Waals surface area contributed by atoms with Crippen LogP contribution in [0.15, 0.2) is 66.9 Å². The lowest BCUT2D eigenvalue weighted by Crippen LogP contribution is -2.07. The molecule has 0 aliphatic rings. The Morgan fingerprint density at radius 1 is 1.04 bits per heavy atom. The zero-order valence-electron chi connectivity index (χ0n) is 14.1. The number of carbonyl (C=O) groups excluding carboxylic acids is 1. The van der Waals surface area contributed by atoms with E-state index in [2.05, 4.69) is 9.84 Å². The van der Waals surface area contributed by atoms with Crippen LogP contribution in [-0.2, 0) is 22.7 Å². The van der Waals surface area contributed by atoms with Crippen molar-refractivity contribution in [2.45, 2.75) is 19.6 Å². The van der Waals surface area contributed by atoms with Crippen molar-refractivity contribution in [3.63, 3.8) is 0 Å². The molecule has 25 heavy (non-hydrogen) atoms. The maximum Gasteiger partial charge on any atom is 0.307 e. The molecule has 1 heterocycles. The van der Waals surface area contributed by atoms with Crippen molar-refractivity contribution in [3.05, 3.63) is 72.4 Å². The minimum Gasteiger partial charge on any atom is -0.489 e. The Hall–Kier alpha value is -3.08. The minimum absolute atomic E-state index is 0.239. The molecule has 5 nitrogen and oxygen atoms in total. The molecule has 0 bridgehead atoms. The summed E-state index contributed by atoms with van der Waals surface area (Å²) in [4.78, 5) is 11.2. The van der Waals surface area contributed by atoms with Gasteiger partial charge in [0.15, 0.2) is 0 Å². The highest BCUT2D eigenvalue weighted by Crippen LogP contribution is 2.21. The van der Waals surface area contributed by atoms with Crippen LogP contribution in [0.4, 0.5) is 0 Å². The topological polar surface area (TPSA) is 53.4 Å². The van der Waals surface area contributed by atoms with Crippen LogP contribution in [0.5, 0.6) is 5.75 Å². The monoisotopic (exact) mass is 336 g/mol. The van der Waals surface area contributed by atoms with Crippen LogP contribution in [0.25, 0.3) is 11.3 Å². The fourth-order valence-electron chi connectivity index (χ4n) is 2.41. The second kappa shape index (κ2) is 8.15. The van der Waals surface area contributed by atoms with Crippen molar-refractivity contribution in [1.29, 1.82) is 0 Å². The summed E-state index contributed by atoms with van der Waals surface area (Å²) < 4.78 is 12.2. The molecule has 5 heteroatoms. The number of nitrogens with zero attached hydrogens (tertiary/aromatic N) is 2. The summed E-state index contributed by atoms with van der Waals surface area (Å²) in [7, 11) is 1.39. The van der Waals surface area contributed by atoms with E-state index < -0.39 is 0 Å². The van der Waals surface area contributed by atoms with Gasteiger partial charge in [-0.2, -0.15) is 5.10 Å². The molecule has 128 valence electrons. The van der Waals surface area contributed by atoms with Gasteiger partial charge in [0.25, 0.3) is 0 Å². The van der Waals surface area contributed by atoms with Gasteiger partial charge in [-0.05, 0) is 35.9 Å². The van der Waals surface area contributed by atoms with E-state index in [1.54, 1.807) is 4.68 Å². The first-order valence-corrected chi connectivity index (χ1v) is 8.12. The van der Waals surface area contributed by atoms with Gasteiger partial charge in [-0.1, -0.05) is 30.3 Å². The second-order valence-corrected chi connectivity index (χ2v) is 5.59. The van der Waals surface area contributed by atoms with E-state index >= 15 is 0 Å². The molecule has 3 aromatic rings. The number of carbonyl (C=O) groups is 1. The van der Waals surface area contributed by atoms with E-state index in [-0.39, 0.29) is 5.97 Å². The Morgan fingerprint density at radius 3 is 2.52 bits per heavy atom. The zero-order chi connectivity index (χ0) is 17.5. The fraction of sp³-hybridized carbons (Fsp3) is 0.200. The number of hydrogen-bond acceptors (Lipinski definition) is 4. The van der Waals surface area contributed by atoms with Gasteiger partial charge in [0, 0.05) is 11.8 Å². The van der Waals surface area contributed by atoms with Crippen LogP contribution in [0.1, 0.15) is 12.0 Å². The van der Waals surface area contributed by atoms with Gasteiger partial charge in [-0.3, -0.25) is 9.48 Å². The van der Waals surface area contributed by atoms with Gasteiger partial charge in [-0.25, -0.2) is 0 Å². The molecule has 2 aromatic carbocycles. The Morgan fingerprint density at radius 2 is 1.80 bits per heavy atom. The standard InChI is InChI=1S/C20H20N2O3/c1-24-20(23)12-14-22-13-11-19(21-22)17-7-9-18(10-8-17)25-15-16-5-3-2-4-6-16/h2-11,13H,12,14-15H2,1H3. The summed E-state index contributed by atoms with van der Waals surface area (Å²) in [5.41, 5.74) is 3.00. The van der Waals surface area contributed by atoms with E-state index in [4.69, 9.17) is 4.74 Å². The molecule has 0 radical (unpaired) electrons. The van der Waals surface area contributed by atoms with Crippen molar-refractivity contribution in [2.24, 2.45) is 0 Å². The van der Waals surface area contributed by atoms with Crippen molar-refractivity contribution in [1.82, 2.24) is 9.78 Å². The summed E-state index contributed by atoms with van der Waals surface area (Å²) in [5, 5.41) is 4.48. The molecule has 0 aliphatic heterocycles. The lowest BCUT2D eigenvalue weighted by Gasteiger charge is -2.06. The fourth-order valence-corrected chi connectivity index (χ4v) is 2.41. The summed E-state index contributed by atoms with van der Waals surface area (Å²) in [5.74, 6) is 0.578. The number of aromatic nitrogens is 2. The molecule has 0 saturated heterocycles. The lowest BCUT2D eigenvalue weighted by atomic mass is 10.1. The highest BCUT2D eigenvalue weighted by molar-refractivity contribution is 5.69. The van der Waals surface area contributed by atoms with Crippen LogP contribution in [0.2, 0.25) is 0 Å². The Balaban J connectivity index is 1.58. The molecule has 0 amide bonds. The van der Waals surface area contributed by atoms with Crippen molar-refractivity contribution in [2.75, 3.05) is 7.11 Å². The van der Waals surface area contributed by atoms with Crippen LogP contribution in [0.3, 0.4) is 0 Å². The molecule has 0 N–H and O–H groups in total. The summed E-state index contributed by atoms with van der Waals surface area (Å²) in [6.45, 7) is 1.05. The number of methoxy groups -OCH3 is 1. The molecule has 0 saturated carbocycles. The molecular formula is C20H20N2O3. The lowest BCUT2D eigenvalue weighted by molar-refractivity contribution is -0.140. The van der Waals surface area contributed by atoms with E-state index in [0.29, 0.717) is 19.6 Å². The average molecular weight is 336 g/mol. The number of hydrogen-bond donors (Lipinski definition) is 0. The quantitative estimate of drug-likeness (QED) is 0.618. The smallest absolute Gasteiger partial charge is 0.307 e. The minimum atomic E-state index is -0.239. The first-order valence-electron chi connectivity index (χ1n) is 8.12. The third-order valence-electron chi connectivity index (χ3n) is 3.81. The summed E-state index contributed by atoms with van der Waals surface area (Å²) >= 11 is 0. The highest BCUT2D eigenvalue weighted by Gasteiger charge is 2.05. The van der Waals surface area contributed by atoms with Crippen molar-refractivity contribution < 1.29 is 14.3 Å². The largest absolute Gasteiger partial charge is 0.489 e. The van der Waals surface area contributed by atoms with Crippen LogP contribution in [-0.4, -0.2) is 22.9 Å². The molecular weight excluding hydrogens is 316 g/mol. The molecule has 0 fully saturated rings. The maximum absolute atomic E-state index is 11.2. The average Bonchev–Trinajstić information content (AvgIpc) is 3.14.